The Bertz CT molecular complexity index is 390. The van der Waals surface area contributed by atoms with Crippen molar-refractivity contribution < 1.29 is 0 Å². The molecule has 0 unspecified atom stereocenters. The molecule has 0 radical (unpaired) electrons. The molecule has 0 saturated heterocycles. The summed E-state index contributed by atoms with van der Waals surface area (Å²) in [6.45, 7) is 1.96. The Hall–Kier alpha value is -1.58. The van der Waals surface area contributed by atoms with Crippen molar-refractivity contribution in [3.8, 4) is 0 Å². The van der Waals surface area contributed by atoms with Gasteiger partial charge < -0.3 is 10.7 Å². The number of nitrogens with zero attached hydrogens (tertiary/aromatic N) is 2. The SMILES string of the molecule is Cc1cc2nc(N)cnc2[nH]1. The van der Waals surface area contributed by atoms with Crippen LogP contribution in [0.1, 0.15) is 5.69 Å². The van der Waals surface area contributed by atoms with Gasteiger partial charge in [-0.25, -0.2) is 9.97 Å². The van der Waals surface area contributed by atoms with Gasteiger partial charge in [-0.3, -0.25) is 0 Å². The second-order valence-corrected chi connectivity index (χ2v) is 2.48. The third-order valence-electron chi connectivity index (χ3n) is 1.49. The number of nitrogens with two attached hydrogens (primary N) is 1. The molecule has 2 aromatic rings. The first-order valence-electron chi connectivity index (χ1n) is 3.33. The highest BCUT2D eigenvalue weighted by molar-refractivity contribution is 5.72. The molecule has 0 spiro atoms. The maximum atomic E-state index is 5.45. The minimum absolute atomic E-state index is 0.455. The van der Waals surface area contributed by atoms with E-state index in [1.54, 1.807) is 0 Å². The minimum Gasteiger partial charge on any atom is -0.382 e. The Kier molecular flexibility index (Phi) is 1.09. The first kappa shape index (κ1) is 6.15. The van der Waals surface area contributed by atoms with Gasteiger partial charge in [0.2, 0.25) is 0 Å². The van der Waals surface area contributed by atoms with Gasteiger partial charge in [-0.1, -0.05) is 0 Å². The average Bonchev–Trinajstić information content (AvgIpc) is 2.27. The van der Waals surface area contributed by atoms with E-state index in [4.69, 9.17) is 5.73 Å². The van der Waals surface area contributed by atoms with E-state index >= 15 is 0 Å². The van der Waals surface area contributed by atoms with Crippen molar-refractivity contribution in [2.24, 2.45) is 0 Å². The van der Waals surface area contributed by atoms with Gasteiger partial charge in [0, 0.05) is 5.69 Å². The lowest BCUT2D eigenvalue weighted by Crippen LogP contribution is -1.90. The summed E-state index contributed by atoms with van der Waals surface area (Å²) in [6.07, 6.45) is 1.54. The van der Waals surface area contributed by atoms with Crippen molar-refractivity contribution in [2.45, 2.75) is 6.92 Å². The molecule has 0 fully saturated rings. The number of anilines is 1. The van der Waals surface area contributed by atoms with E-state index in [1.165, 1.54) is 6.20 Å². The van der Waals surface area contributed by atoms with Crippen LogP contribution in [0.3, 0.4) is 0 Å². The lowest BCUT2D eigenvalue weighted by atomic mass is 10.4. The number of nitrogen functional groups attached to an aromatic ring is 1. The normalized spacial score (nSPS) is 10.6. The van der Waals surface area contributed by atoms with Crippen molar-refractivity contribution in [3.63, 3.8) is 0 Å². The molecular formula is C7H8N4. The van der Waals surface area contributed by atoms with Crippen LogP contribution in [-0.2, 0) is 0 Å². The van der Waals surface area contributed by atoms with Crippen LogP contribution in [0.15, 0.2) is 12.3 Å². The molecule has 0 aliphatic rings. The van der Waals surface area contributed by atoms with Crippen LogP contribution in [0.4, 0.5) is 5.82 Å². The van der Waals surface area contributed by atoms with Crippen LogP contribution in [-0.4, -0.2) is 15.0 Å². The molecule has 2 rings (SSSR count). The standard InChI is InChI=1S/C7H8N4/c1-4-2-5-7(10-4)9-3-6(8)11-5/h2-3H,1H3,(H2,8,11)(H,9,10). The maximum Gasteiger partial charge on any atom is 0.156 e. The van der Waals surface area contributed by atoms with Crippen molar-refractivity contribution >= 4 is 17.0 Å². The molecule has 0 amide bonds. The van der Waals surface area contributed by atoms with Gasteiger partial charge in [0.05, 0.1) is 6.20 Å². The van der Waals surface area contributed by atoms with E-state index in [-0.39, 0.29) is 0 Å². The van der Waals surface area contributed by atoms with Crippen LogP contribution in [0.2, 0.25) is 0 Å². The Balaban J connectivity index is 2.82. The highest BCUT2D eigenvalue weighted by Crippen LogP contribution is 2.10. The average molecular weight is 148 g/mol. The quantitative estimate of drug-likeness (QED) is 0.582. The molecule has 0 aliphatic heterocycles. The van der Waals surface area contributed by atoms with Crippen LogP contribution in [0.25, 0.3) is 11.2 Å². The van der Waals surface area contributed by atoms with Gasteiger partial charge in [0.15, 0.2) is 5.65 Å². The van der Waals surface area contributed by atoms with Gasteiger partial charge in [-0.2, -0.15) is 0 Å². The number of hydrogen-bond acceptors (Lipinski definition) is 3. The molecule has 0 saturated carbocycles. The number of rotatable bonds is 0. The van der Waals surface area contributed by atoms with E-state index in [9.17, 15) is 0 Å². The van der Waals surface area contributed by atoms with Crippen molar-refractivity contribution in [2.75, 3.05) is 5.73 Å². The predicted molar refractivity (Wildman–Crippen MR) is 43.0 cm³/mol. The molecule has 56 valence electrons. The highest BCUT2D eigenvalue weighted by atomic mass is 15.0. The first-order chi connectivity index (χ1) is 5.25. The monoisotopic (exact) mass is 148 g/mol. The van der Waals surface area contributed by atoms with Gasteiger partial charge in [-0.05, 0) is 13.0 Å². The predicted octanol–water partition coefficient (Wildman–Crippen LogP) is 0.849. The Morgan fingerprint density at radius 3 is 3.18 bits per heavy atom. The summed E-state index contributed by atoms with van der Waals surface area (Å²) in [5.41, 5.74) is 8.10. The molecule has 3 N–H and O–H groups in total. The molecule has 2 heterocycles. The summed E-state index contributed by atoms with van der Waals surface area (Å²) in [5, 5.41) is 0. The van der Waals surface area contributed by atoms with E-state index in [0.717, 1.165) is 16.9 Å². The molecule has 11 heavy (non-hydrogen) atoms. The number of aromatic nitrogens is 3. The largest absolute Gasteiger partial charge is 0.382 e. The van der Waals surface area contributed by atoms with Gasteiger partial charge in [0.1, 0.15) is 11.3 Å². The van der Waals surface area contributed by atoms with Crippen molar-refractivity contribution in [3.05, 3.63) is 18.0 Å². The second kappa shape index (κ2) is 1.95. The molecule has 0 aliphatic carbocycles. The molecule has 0 atom stereocenters. The molecule has 0 aromatic carbocycles. The van der Waals surface area contributed by atoms with Gasteiger partial charge in [-0.15, -0.1) is 0 Å². The first-order valence-corrected chi connectivity index (χ1v) is 3.33. The van der Waals surface area contributed by atoms with Crippen LogP contribution >= 0.6 is 0 Å². The van der Waals surface area contributed by atoms with E-state index in [1.807, 2.05) is 13.0 Å². The smallest absolute Gasteiger partial charge is 0.156 e. The highest BCUT2D eigenvalue weighted by Gasteiger charge is 1.98. The van der Waals surface area contributed by atoms with Crippen LogP contribution in [0.5, 0.6) is 0 Å². The second-order valence-electron chi connectivity index (χ2n) is 2.48. The fourth-order valence-corrected chi connectivity index (χ4v) is 1.04. The molecular weight excluding hydrogens is 140 g/mol. The van der Waals surface area contributed by atoms with Gasteiger partial charge >= 0.3 is 0 Å². The molecule has 2 aromatic heterocycles. The van der Waals surface area contributed by atoms with E-state index in [0.29, 0.717) is 5.82 Å². The fraction of sp³-hybridized carbons (Fsp3) is 0.143. The molecule has 4 heteroatoms. The summed E-state index contributed by atoms with van der Waals surface area (Å²) in [7, 11) is 0. The summed E-state index contributed by atoms with van der Waals surface area (Å²) in [6, 6.07) is 1.92. The summed E-state index contributed by atoms with van der Waals surface area (Å²) in [4.78, 5) is 11.2. The van der Waals surface area contributed by atoms with E-state index in [2.05, 4.69) is 15.0 Å². The fourth-order valence-electron chi connectivity index (χ4n) is 1.04. The van der Waals surface area contributed by atoms with Crippen LogP contribution < -0.4 is 5.73 Å². The molecule has 4 nitrogen and oxygen atoms in total. The van der Waals surface area contributed by atoms with Gasteiger partial charge in [0.25, 0.3) is 0 Å². The Labute approximate surface area is 63.5 Å². The zero-order valence-electron chi connectivity index (χ0n) is 6.13. The number of aryl methyl sites for hydroxylation is 1. The summed E-state index contributed by atoms with van der Waals surface area (Å²) >= 11 is 0. The Morgan fingerprint density at radius 1 is 1.55 bits per heavy atom. The van der Waals surface area contributed by atoms with Crippen molar-refractivity contribution in [1.82, 2.24) is 15.0 Å². The lowest BCUT2D eigenvalue weighted by molar-refractivity contribution is 1.23. The van der Waals surface area contributed by atoms with E-state index < -0.39 is 0 Å². The number of nitrogens with one attached hydrogen (secondary N) is 1. The lowest BCUT2D eigenvalue weighted by Gasteiger charge is -1.89. The third kappa shape index (κ3) is 0.920. The summed E-state index contributed by atoms with van der Waals surface area (Å²) in [5.74, 6) is 0.455. The Morgan fingerprint density at radius 2 is 2.36 bits per heavy atom. The molecule has 0 bridgehead atoms. The number of aromatic amines is 1. The zero-order chi connectivity index (χ0) is 7.84. The van der Waals surface area contributed by atoms with Crippen molar-refractivity contribution in [1.29, 1.82) is 0 Å². The topological polar surface area (TPSA) is 67.6 Å². The van der Waals surface area contributed by atoms with Crippen LogP contribution in [0, 0.1) is 6.92 Å². The summed E-state index contributed by atoms with van der Waals surface area (Å²) < 4.78 is 0. The number of fused-ring (bicyclic) bond motifs is 1. The minimum atomic E-state index is 0.455. The zero-order valence-corrected chi connectivity index (χ0v) is 6.13. The number of hydrogen-bond donors (Lipinski definition) is 2. The number of H-pyrrole nitrogens is 1. The maximum absolute atomic E-state index is 5.45. The third-order valence-corrected chi connectivity index (χ3v) is 1.49.